The Kier molecular flexibility index (Phi) is 7.47. The summed E-state index contributed by atoms with van der Waals surface area (Å²) >= 11 is 8.15. The van der Waals surface area contributed by atoms with E-state index in [1.54, 1.807) is 0 Å². The molecule has 1 saturated heterocycles. The van der Waals surface area contributed by atoms with E-state index < -0.39 is 24.4 Å². The van der Waals surface area contributed by atoms with Crippen molar-refractivity contribution in [2.24, 2.45) is 0 Å². The standard InChI is InChI=1S/C24H29ClO5S/c1-2-3-14-4-6-15(7-5-14)10-16-11-18(17-8-9-31-30-24(17)22(16)25)20-12-19(27)23(28)21(13-26)29-20/h4-7,11,19-21,23,26-28H,2-3,8-10,12-13H2,1H3/t19?,20?,21?,23-/m0/s1. The molecule has 0 aromatic heterocycles. The van der Waals surface area contributed by atoms with Crippen LogP contribution in [0.25, 0.3) is 0 Å². The molecule has 3 N–H and O–H groups in total. The lowest BCUT2D eigenvalue weighted by Crippen LogP contribution is -2.47. The van der Waals surface area contributed by atoms with Crippen LogP contribution in [0, 0.1) is 0 Å². The summed E-state index contributed by atoms with van der Waals surface area (Å²) in [5.74, 6) is 1.47. The third-order valence-corrected chi connectivity index (χ3v) is 7.13. The van der Waals surface area contributed by atoms with Crippen LogP contribution in [0.4, 0.5) is 0 Å². The van der Waals surface area contributed by atoms with Gasteiger partial charge >= 0.3 is 0 Å². The van der Waals surface area contributed by atoms with E-state index in [9.17, 15) is 15.3 Å². The van der Waals surface area contributed by atoms with Crippen LogP contribution in [0.3, 0.4) is 0 Å². The minimum atomic E-state index is -1.10. The largest absolute Gasteiger partial charge is 0.424 e. The Labute approximate surface area is 192 Å². The molecule has 1 fully saturated rings. The Morgan fingerprint density at radius 3 is 2.61 bits per heavy atom. The summed E-state index contributed by atoms with van der Waals surface area (Å²) in [6.07, 6.45) is 0.536. The molecule has 31 heavy (non-hydrogen) atoms. The number of hydrogen-bond acceptors (Lipinski definition) is 6. The van der Waals surface area contributed by atoms with Crippen molar-refractivity contribution in [1.29, 1.82) is 0 Å². The molecule has 2 aliphatic rings. The van der Waals surface area contributed by atoms with Gasteiger partial charge in [-0.3, -0.25) is 0 Å². The highest BCUT2D eigenvalue weighted by atomic mass is 35.5. The maximum atomic E-state index is 10.3. The average Bonchev–Trinajstić information content (AvgIpc) is 2.79. The molecule has 0 spiro atoms. The van der Waals surface area contributed by atoms with Gasteiger partial charge in [0.15, 0.2) is 5.75 Å². The lowest BCUT2D eigenvalue weighted by Gasteiger charge is -2.38. The molecule has 0 aliphatic carbocycles. The van der Waals surface area contributed by atoms with Crippen molar-refractivity contribution in [3.63, 3.8) is 0 Å². The van der Waals surface area contributed by atoms with Gasteiger partial charge in [0.1, 0.15) is 12.2 Å². The maximum absolute atomic E-state index is 10.3. The van der Waals surface area contributed by atoms with E-state index >= 15 is 0 Å². The molecule has 4 atom stereocenters. The molecule has 2 heterocycles. The van der Waals surface area contributed by atoms with Gasteiger partial charge in [0.25, 0.3) is 0 Å². The molecule has 4 rings (SSSR count). The lowest BCUT2D eigenvalue weighted by atomic mass is 9.88. The Hall–Kier alpha value is -1.28. The second-order valence-electron chi connectivity index (χ2n) is 8.28. The Morgan fingerprint density at radius 1 is 1.16 bits per heavy atom. The Balaban J connectivity index is 1.68. The van der Waals surface area contributed by atoms with Crippen LogP contribution in [-0.2, 0) is 24.0 Å². The number of aliphatic hydroxyl groups excluding tert-OH is 3. The molecule has 5 nitrogen and oxygen atoms in total. The predicted molar refractivity (Wildman–Crippen MR) is 123 cm³/mol. The predicted octanol–water partition coefficient (Wildman–Crippen LogP) is 4.01. The van der Waals surface area contributed by atoms with E-state index in [2.05, 4.69) is 31.2 Å². The second-order valence-corrected chi connectivity index (χ2v) is 9.47. The lowest BCUT2D eigenvalue weighted by molar-refractivity contribution is -0.181. The Bertz CT molecular complexity index is 904. The molecule has 2 aromatic carbocycles. The van der Waals surface area contributed by atoms with E-state index in [-0.39, 0.29) is 13.0 Å². The molecule has 0 saturated carbocycles. The van der Waals surface area contributed by atoms with Gasteiger partial charge in [-0.05, 0) is 41.5 Å². The van der Waals surface area contributed by atoms with Crippen molar-refractivity contribution < 1.29 is 24.2 Å². The van der Waals surface area contributed by atoms with Gasteiger partial charge in [0.2, 0.25) is 0 Å². The highest BCUT2D eigenvalue weighted by molar-refractivity contribution is 7.95. The summed E-state index contributed by atoms with van der Waals surface area (Å²) in [6.45, 7) is 1.82. The van der Waals surface area contributed by atoms with Crippen LogP contribution in [0.15, 0.2) is 30.3 Å². The molecular weight excluding hydrogens is 436 g/mol. The number of aryl methyl sites for hydroxylation is 1. The van der Waals surface area contributed by atoms with E-state index in [0.717, 1.165) is 47.3 Å². The Morgan fingerprint density at radius 2 is 1.90 bits per heavy atom. The van der Waals surface area contributed by atoms with Gasteiger partial charge in [0.05, 0.1) is 35.9 Å². The van der Waals surface area contributed by atoms with Crippen molar-refractivity contribution in [3.8, 4) is 5.75 Å². The van der Waals surface area contributed by atoms with Gasteiger partial charge in [-0.2, -0.15) is 0 Å². The van der Waals surface area contributed by atoms with Crippen molar-refractivity contribution in [2.75, 3.05) is 12.4 Å². The maximum Gasteiger partial charge on any atom is 0.159 e. The molecule has 0 amide bonds. The van der Waals surface area contributed by atoms with Crippen LogP contribution in [0.5, 0.6) is 5.75 Å². The van der Waals surface area contributed by atoms with Crippen LogP contribution in [-0.4, -0.2) is 46.0 Å². The third kappa shape index (κ3) is 4.90. The molecule has 0 radical (unpaired) electrons. The van der Waals surface area contributed by atoms with Gasteiger partial charge < -0.3 is 24.2 Å². The fraction of sp³-hybridized carbons (Fsp3) is 0.500. The van der Waals surface area contributed by atoms with E-state index in [1.165, 1.54) is 17.6 Å². The summed E-state index contributed by atoms with van der Waals surface area (Å²) in [5, 5.41) is 30.7. The van der Waals surface area contributed by atoms with Crippen LogP contribution in [0.2, 0.25) is 5.02 Å². The fourth-order valence-corrected chi connectivity index (χ4v) is 5.38. The minimum Gasteiger partial charge on any atom is -0.424 e. The summed E-state index contributed by atoms with van der Waals surface area (Å²) in [6, 6.07) is 10.6. The van der Waals surface area contributed by atoms with Gasteiger partial charge in [0, 0.05) is 17.7 Å². The molecular formula is C24H29ClO5S. The monoisotopic (exact) mass is 464 g/mol. The summed E-state index contributed by atoms with van der Waals surface area (Å²) in [7, 11) is 0. The quantitative estimate of drug-likeness (QED) is 0.560. The first-order valence-corrected chi connectivity index (χ1v) is 12.1. The zero-order valence-corrected chi connectivity index (χ0v) is 19.2. The third-order valence-electron chi connectivity index (χ3n) is 6.06. The number of halogens is 1. The zero-order valence-electron chi connectivity index (χ0n) is 17.6. The first-order chi connectivity index (χ1) is 15.0. The van der Waals surface area contributed by atoms with E-state index in [1.807, 2.05) is 6.07 Å². The first-order valence-electron chi connectivity index (χ1n) is 10.9. The molecule has 168 valence electrons. The number of aliphatic hydroxyl groups is 3. The number of hydrogen-bond donors (Lipinski definition) is 3. The SMILES string of the molecule is CCCc1ccc(Cc2cc(C3CC(O)[C@H](O)C(CO)O3)c3c(c2Cl)OSCC3)cc1. The number of ether oxygens (including phenoxy) is 1. The zero-order chi connectivity index (χ0) is 22.0. The van der Waals surface area contributed by atoms with Crippen molar-refractivity contribution >= 4 is 23.6 Å². The first kappa shape index (κ1) is 22.9. The minimum absolute atomic E-state index is 0.254. The number of rotatable bonds is 6. The van der Waals surface area contributed by atoms with E-state index in [0.29, 0.717) is 17.2 Å². The second kappa shape index (κ2) is 10.1. The topological polar surface area (TPSA) is 79.2 Å². The molecule has 3 unspecified atom stereocenters. The van der Waals surface area contributed by atoms with E-state index in [4.69, 9.17) is 20.5 Å². The van der Waals surface area contributed by atoms with Gasteiger partial charge in [-0.25, -0.2) is 0 Å². The van der Waals surface area contributed by atoms with Crippen LogP contribution < -0.4 is 4.18 Å². The molecule has 0 bridgehead atoms. The van der Waals surface area contributed by atoms with Crippen molar-refractivity contribution in [2.45, 2.75) is 63.4 Å². The molecule has 2 aliphatic heterocycles. The molecule has 7 heteroatoms. The van der Waals surface area contributed by atoms with Gasteiger partial charge in [-0.15, -0.1) is 0 Å². The fourth-order valence-electron chi connectivity index (χ4n) is 4.39. The summed E-state index contributed by atoms with van der Waals surface area (Å²) in [4.78, 5) is 0. The number of benzene rings is 2. The van der Waals surface area contributed by atoms with Gasteiger partial charge in [-0.1, -0.05) is 55.3 Å². The highest BCUT2D eigenvalue weighted by Crippen LogP contribution is 2.45. The number of fused-ring (bicyclic) bond motifs is 1. The van der Waals surface area contributed by atoms with Crippen molar-refractivity contribution in [1.82, 2.24) is 0 Å². The molecule has 2 aromatic rings. The van der Waals surface area contributed by atoms with Crippen LogP contribution >= 0.6 is 23.6 Å². The van der Waals surface area contributed by atoms with Crippen LogP contribution in [0.1, 0.15) is 53.7 Å². The summed E-state index contributed by atoms with van der Waals surface area (Å²) in [5.41, 5.74) is 5.31. The normalized spacial score (nSPS) is 25.7. The van der Waals surface area contributed by atoms with Crippen molar-refractivity contribution in [3.05, 3.63) is 63.2 Å². The average molecular weight is 465 g/mol. The highest BCUT2D eigenvalue weighted by Gasteiger charge is 2.39. The smallest absolute Gasteiger partial charge is 0.159 e. The summed E-state index contributed by atoms with van der Waals surface area (Å²) < 4.78 is 11.9.